The fourth-order valence-electron chi connectivity index (χ4n) is 5.40. The molecule has 37 heavy (non-hydrogen) atoms. The molecule has 0 aliphatic heterocycles. The zero-order chi connectivity index (χ0) is 26.3. The molecule has 1 amide bonds. The van der Waals surface area contributed by atoms with Crippen LogP contribution in [0.25, 0.3) is 0 Å². The number of amides is 1. The van der Waals surface area contributed by atoms with Crippen LogP contribution in [0.4, 0.5) is 0 Å². The van der Waals surface area contributed by atoms with Crippen LogP contribution >= 0.6 is 11.6 Å². The molecule has 2 aliphatic carbocycles. The number of nitrogens with zero attached hydrogens (tertiary/aromatic N) is 1. The van der Waals surface area contributed by atoms with Crippen molar-refractivity contribution in [2.75, 3.05) is 6.61 Å². The summed E-state index contributed by atoms with van der Waals surface area (Å²) in [7, 11) is -3.98. The quantitative estimate of drug-likeness (QED) is 0.421. The lowest BCUT2D eigenvalue weighted by atomic mass is 9.88. The van der Waals surface area contributed by atoms with Gasteiger partial charge in [0.05, 0.1) is 10.6 Å². The lowest BCUT2D eigenvalue weighted by Gasteiger charge is -2.41. The minimum atomic E-state index is -3.98. The topological polar surface area (TPSA) is 92.8 Å². The van der Waals surface area contributed by atoms with Crippen molar-refractivity contribution in [3.8, 4) is 0 Å². The molecule has 2 fully saturated rings. The maximum absolute atomic E-state index is 13.3. The van der Waals surface area contributed by atoms with Gasteiger partial charge in [0.25, 0.3) is 5.91 Å². The summed E-state index contributed by atoms with van der Waals surface area (Å²) in [5.41, 5.74) is 0.816. The standard InChI is InChI=1S/C28H35ClN2O5S/c29-25-17-16-22(18-26(25)37(34,35)30-19-21-10-4-1-5-11-21)28(33)36-20-27(32)31(23-12-6-2-7-13-23)24-14-8-3-9-15-24/h1,4-5,10-11,16-18,23-24,30H,2-3,6-9,12-15,19-20H2. The van der Waals surface area contributed by atoms with E-state index in [1.54, 1.807) is 12.1 Å². The Labute approximate surface area is 224 Å². The van der Waals surface area contributed by atoms with Crippen LogP contribution in [0.15, 0.2) is 53.4 Å². The number of sulfonamides is 1. The second kappa shape index (κ2) is 12.9. The van der Waals surface area contributed by atoms with E-state index >= 15 is 0 Å². The summed E-state index contributed by atoms with van der Waals surface area (Å²) in [6.45, 7) is -0.274. The molecule has 1 N–H and O–H groups in total. The van der Waals surface area contributed by atoms with Gasteiger partial charge in [-0.05, 0) is 49.4 Å². The van der Waals surface area contributed by atoms with Gasteiger partial charge in [-0.15, -0.1) is 0 Å². The van der Waals surface area contributed by atoms with Crippen LogP contribution in [0.2, 0.25) is 5.02 Å². The molecule has 2 aliphatic rings. The van der Waals surface area contributed by atoms with Crippen LogP contribution in [0.1, 0.15) is 80.1 Å². The predicted octanol–water partition coefficient (Wildman–Crippen LogP) is 5.47. The number of carbonyl (C=O) groups excluding carboxylic acids is 2. The molecule has 7 nitrogen and oxygen atoms in total. The SMILES string of the molecule is O=C(OCC(=O)N(C1CCCCC1)C1CCCCC1)c1ccc(Cl)c(S(=O)(=O)NCc2ccccc2)c1. The Morgan fingerprint density at radius 3 is 2.08 bits per heavy atom. The number of nitrogens with one attached hydrogen (secondary N) is 1. The number of rotatable bonds is 9. The third-order valence-electron chi connectivity index (χ3n) is 7.32. The summed E-state index contributed by atoms with van der Waals surface area (Å²) in [4.78, 5) is 27.9. The molecule has 2 saturated carbocycles. The smallest absolute Gasteiger partial charge is 0.338 e. The van der Waals surface area contributed by atoms with Gasteiger partial charge >= 0.3 is 5.97 Å². The van der Waals surface area contributed by atoms with E-state index in [9.17, 15) is 18.0 Å². The Bertz CT molecular complexity index is 1160. The minimum absolute atomic E-state index is 0.00559. The number of hydrogen-bond acceptors (Lipinski definition) is 5. The number of ether oxygens (including phenoxy) is 1. The molecule has 0 saturated heterocycles. The van der Waals surface area contributed by atoms with Crippen LogP contribution in [-0.2, 0) is 26.1 Å². The Morgan fingerprint density at radius 1 is 0.892 bits per heavy atom. The molecule has 0 heterocycles. The first kappa shape index (κ1) is 27.6. The molecule has 0 unspecified atom stereocenters. The lowest BCUT2D eigenvalue weighted by Crippen LogP contribution is -2.50. The molecule has 0 spiro atoms. The maximum Gasteiger partial charge on any atom is 0.338 e. The number of esters is 1. The monoisotopic (exact) mass is 546 g/mol. The summed E-state index contributed by atoms with van der Waals surface area (Å²) in [6.07, 6.45) is 10.8. The van der Waals surface area contributed by atoms with Gasteiger partial charge in [0.2, 0.25) is 10.0 Å². The van der Waals surface area contributed by atoms with Crippen molar-refractivity contribution in [2.24, 2.45) is 0 Å². The first-order valence-electron chi connectivity index (χ1n) is 13.2. The molecule has 2 aromatic rings. The van der Waals surface area contributed by atoms with Crippen molar-refractivity contribution < 1.29 is 22.7 Å². The van der Waals surface area contributed by atoms with E-state index in [1.165, 1.54) is 31.0 Å². The van der Waals surface area contributed by atoms with Crippen LogP contribution in [0.3, 0.4) is 0 Å². The van der Waals surface area contributed by atoms with Crippen LogP contribution in [-0.4, -0.2) is 43.9 Å². The molecule has 9 heteroatoms. The van der Waals surface area contributed by atoms with Gasteiger partial charge in [0.15, 0.2) is 6.61 Å². The average molecular weight is 547 g/mol. The fourth-order valence-corrected chi connectivity index (χ4v) is 6.94. The molecule has 0 bridgehead atoms. The average Bonchev–Trinajstić information content (AvgIpc) is 2.93. The molecule has 0 aromatic heterocycles. The highest BCUT2D eigenvalue weighted by molar-refractivity contribution is 7.89. The third kappa shape index (κ3) is 7.33. The van der Waals surface area contributed by atoms with Gasteiger partial charge in [0, 0.05) is 18.6 Å². The van der Waals surface area contributed by atoms with E-state index in [-0.39, 0.29) is 46.6 Å². The van der Waals surface area contributed by atoms with Gasteiger partial charge in [-0.3, -0.25) is 4.79 Å². The summed E-state index contributed by atoms with van der Waals surface area (Å²) in [6, 6.07) is 13.4. The Kier molecular flexibility index (Phi) is 9.62. The Hall–Kier alpha value is -2.42. The molecular formula is C28H35ClN2O5S. The van der Waals surface area contributed by atoms with Gasteiger partial charge < -0.3 is 9.64 Å². The van der Waals surface area contributed by atoms with Crippen molar-refractivity contribution in [3.05, 3.63) is 64.7 Å². The number of halogens is 1. The van der Waals surface area contributed by atoms with Crippen molar-refractivity contribution in [1.29, 1.82) is 0 Å². The van der Waals surface area contributed by atoms with Crippen molar-refractivity contribution in [1.82, 2.24) is 9.62 Å². The summed E-state index contributed by atoms with van der Waals surface area (Å²) in [5.74, 6) is -0.921. The molecular weight excluding hydrogens is 512 g/mol. The van der Waals surface area contributed by atoms with Crippen molar-refractivity contribution in [3.63, 3.8) is 0 Å². The highest BCUT2D eigenvalue weighted by Crippen LogP contribution is 2.30. The van der Waals surface area contributed by atoms with Gasteiger partial charge in [-0.1, -0.05) is 80.5 Å². The van der Waals surface area contributed by atoms with E-state index < -0.39 is 16.0 Å². The van der Waals surface area contributed by atoms with E-state index in [4.69, 9.17) is 16.3 Å². The number of benzene rings is 2. The van der Waals surface area contributed by atoms with Gasteiger partial charge in [-0.2, -0.15) is 0 Å². The number of hydrogen-bond donors (Lipinski definition) is 1. The summed E-state index contributed by atoms with van der Waals surface area (Å²) < 4.78 is 33.7. The highest BCUT2D eigenvalue weighted by atomic mass is 35.5. The Balaban J connectivity index is 1.42. The first-order chi connectivity index (χ1) is 17.8. The van der Waals surface area contributed by atoms with Crippen LogP contribution in [0, 0.1) is 0 Å². The molecule has 4 rings (SSSR count). The third-order valence-corrected chi connectivity index (χ3v) is 9.20. The van der Waals surface area contributed by atoms with Crippen LogP contribution in [0.5, 0.6) is 0 Å². The number of carbonyl (C=O) groups is 2. The second-order valence-electron chi connectivity index (χ2n) is 9.92. The maximum atomic E-state index is 13.3. The fraction of sp³-hybridized carbons (Fsp3) is 0.500. The normalized spacial score (nSPS) is 17.3. The summed E-state index contributed by atoms with van der Waals surface area (Å²) >= 11 is 6.18. The predicted molar refractivity (Wildman–Crippen MR) is 143 cm³/mol. The molecule has 0 radical (unpaired) electrons. The zero-order valence-corrected chi connectivity index (χ0v) is 22.6. The van der Waals surface area contributed by atoms with E-state index in [0.717, 1.165) is 56.9 Å². The van der Waals surface area contributed by atoms with Crippen LogP contribution < -0.4 is 4.72 Å². The molecule has 2 aromatic carbocycles. The molecule has 200 valence electrons. The zero-order valence-electron chi connectivity index (χ0n) is 21.0. The molecule has 0 atom stereocenters. The van der Waals surface area contributed by atoms with E-state index in [1.807, 2.05) is 23.1 Å². The Morgan fingerprint density at radius 2 is 1.49 bits per heavy atom. The minimum Gasteiger partial charge on any atom is -0.452 e. The van der Waals surface area contributed by atoms with Gasteiger partial charge in [0.1, 0.15) is 4.90 Å². The van der Waals surface area contributed by atoms with E-state index in [2.05, 4.69) is 4.72 Å². The van der Waals surface area contributed by atoms with E-state index in [0.29, 0.717) is 0 Å². The summed E-state index contributed by atoms with van der Waals surface area (Å²) in [5, 5.41) is -0.00559. The lowest BCUT2D eigenvalue weighted by molar-refractivity contribution is -0.141. The largest absolute Gasteiger partial charge is 0.452 e. The highest BCUT2D eigenvalue weighted by Gasteiger charge is 2.33. The van der Waals surface area contributed by atoms with Gasteiger partial charge in [-0.25, -0.2) is 17.9 Å². The van der Waals surface area contributed by atoms with Crippen molar-refractivity contribution in [2.45, 2.75) is 87.7 Å². The first-order valence-corrected chi connectivity index (χ1v) is 15.0. The second-order valence-corrected chi connectivity index (χ2v) is 12.1. The van der Waals surface area contributed by atoms with Crippen molar-refractivity contribution >= 4 is 33.5 Å².